The normalized spacial score (nSPS) is 18.5. The zero-order valence-corrected chi connectivity index (χ0v) is 17.2. The highest BCUT2D eigenvalue weighted by molar-refractivity contribution is 5.85. The molecular formula is C24H29N3O2. The summed E-state index contributed by atoms with van der Waals surface area (Å²) in [5.74, 6) is 1.03. The zero-order chi connectivity index (χ0) is 20.2. The van der Waals surface area contributed by atoms with Crippen LogP contribution in [0.5, 0.6) is 5.75 Å². The number of benzene rings is 2. The summed E-state index contributed by atoms with van der Waals surface area (Å²) in [6, 6.07) is 16.4. The quantitative estimate of drug-likeness (QED) is 0.670. The average molecular weight is 392 g/mol. The van der Waals surface area contributed by atoms with Crippen molar-refractivity contribution in [2.45, 2.75) is 31.2 Å². The molecule has 1 aliphatic rings. The first-order chi connectivity index (χ1) is 14.2. The summed E-state index contributed by atoms with van der Waals surface area (Å²) in [6.07, 6.45) is 5.29. The standard InChI is InChI=1S/C24H29N3O2/c1-27-14-6-5-9-23(27)24(28)26-15-20(17-10-12-18(29-2)13-11-17)21-16-25-22-8-4-3-7-19(21)22/h3-4,7-8,10-13,16,20,23,25H,5-6,9,14-15H2,1-2H3,(H,26,28). The summed E-state index contributed by atoms with van der Waals surface area (Å²) in [4.78, 5) is 18.4. The molecule has 0 radical (unpaired) electrons. The Kier molecular flexibility index (Phi) is 5.86. The molecule has 152 valence electrons. The number of fused-ring (bicyclic) bond motifs is 1. The summed E-state index contributed by atoms with van der Waals surface area (Å²) in [7, 11) is 3.72. The maximum absolute atomic E-state index is 12.9. The van der Waals surface area contributed by atoms with Crippen molar-refractivity contribution >= 4 is 16.8 Å². The average Bonchev–Trinajstić information content (AvgIpc) is 3.18. The van der Waals surface area contributed by atoms with Gasteiger partial charge in [-0.2, -0.15) is 0 Å². The predicted molar refractivity (Wildman–Crippen MR) is 116 cm³/mol. The Morgan fingerprint density at radius 1 is 1.21 bits per heavy atom. The second-order valence-corrected chi connectivity index (χ2v) is 7.85. The lowest BCUT2D eigenvalue weighted by Gasteiger charge is -2.31. The highest BCUT2D eigenvalue weighted by atomic mass is 16.5. The number of para-hydroxylation sites is 1. The van der Waals surface area contributed by atoms with Crippen molar-refractivity contribution in [2.75, 3.05) is 27.2 Å². The van der Waals surface area contributed by atoms with Crippen LogP contribution >= 0.6 is 0 Å². The van der Waals surface area contributed by atoms with E-state index >= 15 is 0 Å². The summed E-state index contributed by atoms with van der Waals surface area (Å²) < 4.78 is 5.32. The van der Waals surface area contributed by atoms with Gasteiger partial charge in [0.25, 0.3) is 0 Å². The van der Waals surface area contributed by atoms with E-state index < -0.39 is 0 Å². The Morgan fingerprint density at radius 2 is 2.00 bits per heavy atom. The molecule has 2 unspecified atom stereocenters. The van der Waals surface area contributed by atoms with Crippen molar-refractivity contribution in [3.05, 3.63) is 65.9 Å². The Hall–Kier alpha value is -2.79. The number of likely N-dealkylation sites (tertiary alicyclic amines) is 1. The van der Waals surface area contributed by atoms with Gasteiger partial charge in [0, 0.05) is 29.6 Å². The molecule has 5 heteroatoms. The van der Waals surface area contributed by atoms with Gasteiger partial charge in [-0.15, -0.1) is 0 Å². The van der Waals surface area contributed by atoms with Crippen LogP contribution in [-0.4, -0.2) is 49.1 Å². The number of hydrogen-bond acceptors (Lipinski definition) is 3. The van der Waals surface area contributed by atoms with E-state index in [4.69, 9.17) is 4.74 Å². The second kappa shape index (κ2) is 8.70. The van der Waals surface area contributed by atoms with Crippen LogP contribution in [0.15, 0.2) is 54.7 Å². The predicted octanol–water partition coefficient (Wildman–Crippen LogP) is 3.91. The van der Waals surface area contributed by atoms with Crippen LogP contribution in [0.3, 0.4) is 0 Å². The molecule has 0 aliphatic carbocycles. The van der Waals surface area contributed by atoms with Crippen molar-refractivity contribution in [3.8, 4) is 5.75 Å². The maximum Gasteiger partial charge on any atom is 0.237 e. The fraction of sp³-hybridized carbons (Fsp3) is 0.375. The van der Waals surface area contributed by atoms with Crippen molar-refractivity contribution in [1.29, 1.82) is 0 Å². The molecule has 0 saturated carbocycles. The smallest absolute Gasteiger partial charge is 0.237 e. The van der Waals surface area contributed by atoms with Crippen LogP contribution in [-0.2, 0) is 4.79 Å². The molecule has 0 bridgehead atoms. The fourth-order valence-corrected chi connectivity index (χ4v) is 4.35. The van der Waals surface area contributed by atoms with E-state index in [-0.39, 0.29) is 17.9 Å². The topological polar surface area (TPSA) is 57.4 Å². The highest BCUT2D eigenvalue weighted by Gasteiger charge is 2.27. The maximum atomic E-state index is 12.9. The number of aromatic amines is 1. The molecule has 0 spiro atoms. The SMILES string of the molecule is COc1ccc(C(CNC(=O)C2CCCCN2C)c2c[nH]c3ccccc23)cc1. The summed E-state index contributed by atoms with van der Waals surface area (Å²) in [6.45, 7) is 1.56. The second-order valence-electron chi connectivity index (χ2n) is 7.85. The molecule has 2 N–H and O–H groups in total. The molecule has 1 fully saturated rings. The molecule has 2 atom stereocenters. The number of nitrogens with one attached hydrogen (secondary N) is 2. The molecule has 1 amide bonds. The van der Waals surface area contributed by atoms with Gasteiger partial charge in [-0.1, -0.05) is 36.8 Å². The van der Waals surface area contributed by atoms with Crippen molar-refractivity contribution in [2.24, 2.45) is 0 Å². The van der Waals surface area contributed by atoms with E-state index in [1.165, 1.54) is 17.4 Å². The molecule has 29 heavy (non-hydrogen) atoms. The Labute approximate surface area is 172 Å². The van der Waals surface area contributed by atoms with E-state index in [0.29, 0.717) is 6.54 Å². The summed E-state index contributed by atoms with van der Waals surface area (Å²) in [5.41, 5.74) is 3.47. The Balaban J connectivity index is 1.60. The van der Waals surface area contributed by atoms with Crippen molar-refractivity contribution < 1.29 is 9.53 Å². The van der Waals surface area contributed by atoms with E-state index in [1.54, 1.807) is 7.11 Å². The molecule has 1 aromatic heterocycles. The number of rotatable bonds is 6. The van der Waals surface area contributed by atoms with E-state index in [9.17, 15) is 4.79 Å². The molecule has 5 nitrogen and oxygen atoms in total. The molecule has 3 aromatic rings. The number of methoxy groups -OCH3 is 1. The molecule has 1 aliphatic heterocycles. The van der Waals surface area contributed by atoms with Gasteiger partial charge < -0.3 is 15.0 Å². The number of ether oxygens (including phenoxy) is 1. The van der Waals surface area contributed by atoms with Gasteiger partial charge in [-0.05, 0) is 55.8 Å². The number of hydrogen-bond donors (Lipinski definition) is 2. The van der Waals surface area contributed by atoms with Gasteiger partial charge in [0.1, 0.15) is 5.75 Å². The number of piperidine rings is 1. The molecule has 2 heterocycles. The fourth-order valence-electron chi connectivity index (χ4n) is 4.35. The van der Waals surface area contributed by atoms with Crippen LogP contribution in [0.25, 0.3) is 10.9 Å². The Morgan fingerprint density at radius 3 is 2.76 bits per heavy atom. The molecule has 2 aromatic carbocycles. The third-order valence-corrected chi connectivity index (χ3v) is 6.07. The van der Waals surface area contributed by atoms with Gasteiger partial charge >= 0.3 is 0 Å². The number of amides is 1. The molecule has 1 saturated heterocycles. The van der Waals surface area contributed by atoms with Gasteiger partial charge in [0.15, 0.2) is 0 Å². The highest BCUT2D eigenvalue weighted by Crippen LogP contribution is 2.31. The number of H-pyrrole nitrogens is 1. The zero-order valence-electron chi connectivity index (χ0n) is 17.2. The number of nitrogens with zero attached hydrogens (tertiary/aromatic N) is 1. The lowest BCUT2D eigenvalue weighted by Crippen LogP contribution is -2.48. The first kappa shape index (κ1) is 19.5. The lowest BCUT2D eigenvalue weighted by atomic mass is 9.90. The van der Waals surface area contributed by atoms with Crippen LogP contribution in [0.2, 0.25) is 0 Å². The van der Waals surface area contributed by atoms with Gasteiger partial charge in [-0.3, -0.25) is 9.69 Å². The third-order valence-electron chi connectivity index (χ3n) is 6.07. The van der Waals surface area contributed by atoms with Gasteiger partial charge in [-0.25, -0.2) is 0 Å². The minimum atomic E-state index is -0.0248. The molecule has 4 rings (SSSR count). The summed E-state index contributed by atoms with van der Waals surface area (Å²) in [5, 5.41) is 4.43. The van der Waals surface area contributed by atoms with E-state index in [1.807, 2.05) is 25.2 Å². The number of carbonyl (C=O) groups is 1. The third kappa shape index (κ3) is 4.15. The monoisotopic (exact) mass is 391 g/mol. The van der Waals surface area contributed by atoms with Crippen LogP contribution in [0.4, 0.5) is 0 Å². The number of carbonyl (C=O) groups excluding carboxylic acids is 1. The molecular weight excluding hydrogens is 362 g/mol. The number of aromatic nitrogens is 1. The van der Waals surface area contributed by atoms with Crippen LogP contribution < -0.4 is 10.1 Å². The Bertz CT molecular complexity index is 964. The first-order valence-electron chi connectivity index (χ1n) is 10.4. The largest absolute Gasteiger partial charge is 0.497 e. The summed E-state index contributed by atoms with van der Waals surface area (Å²) >= 11 is 0. The lowest BCUT2D eigenvalue weighted by molar-refractivity contribution is -0.127. The van der Waals surface area contributed by atoms with Crippen molar-refractivity contribution in [1.82, 2.24) is 15.2 Å². The minimum absolute atomic E-state index is 0.0248. The van der Waals surface area contributed by atoms with E-state index in [2.05, 4.69) is 51.7 Å². The van der Waals surface area contributed by atoms with Gasteiger partial charge in [0.05, 0.1) is 13.2 Å². The minimum Gasteiger partial charge on any atom is -0.497 e. The first-order valence-corrected chi connectivity index (χ1v) is 10.4. The van der Waals surface area contributed by atoms with Crippen molar-refractivity contribution in [3.63, 3.8) is 0 Å². The van der Waals surface area contributed by atoms with E-state index in [0.717, 1.165) is 36.2 Å². The number of likely N-dealkylation sites (N-methyl/N-ethyl adjacent to an activating group) is 1. The van der Waals surface area contributed by atoms with Crippen LogP contribution in [0, 0.1) is 0 Å². The van der Waals surface area contributed by atoms with Gasteiger partial charge in [0.2, 0.25) is 5.91 Å². The van der Waals surface area contributed by atoms with Crippen LogP contribution in [0.1, 0.15) is 36.3 Å².